The molecule has 2 rings (SSSR count). The average molecular weight is 578 g/mol. The SMILES string of the molecule is CCC(C)(OP(=O)(O)C(O)(CC)CC)C(C)[C@H]1O[C@@H](n2cc(COC(C)=O)c(NC(C)=O)nc2=O)[C@H](O)[C@@H]1O. The summed E-state index contributed by atoms with van der Waals surface area (Å²) in [6.07, 6.45) is -4.50. The minimum Gasteiger partial charge on any atom is -0.461 e. The van der Waals surface area contributed by atoms with Gasteiger partial charge < -0.3 is 35.0 Å². The highest BCUT2D eigenvalue weighted by Crippen LogP contribution is 2.61. The second kappa shape index (κ2) is 12.5. The lowest BCUT2D eigenvalue weighted by atomic mass is 9.82. The summed E-state index contributed by atoms with van der Waals surface area (Å²) in [6, 6.07) is 0. The van der Waals surface area contributed by atoms with Crippen molar-refractivity contribution in [3.63, 3.8) is 0 Å². The van der Waals surface area contributed by atoms with Crippen molar-refractivity contribution in [3.05, 3.63) is 22.2 Å². The molecule has 2 heterocycles. The van der Waals surface area contributed by atoms with Crippen LogP contribution in [0.5, 0.6) is 0 Å². The molecule has 1 aliphatic rings. The summed E-state index contributed by atoms with van der Waals surface area (Å²) in [5, 5.41) is 32.9. The third-order valence-electron chi connectivity index (χ3n) is 7.45. The number of esters is 1. The topological polar surface area (TPSA) is 207 Å². The number of hydrogen-bond donors (Lipinski definition) is 5. The lowest BCUT2D eigenvalue weighted by Crippen LogP contribution is -2.47. The van der Waals surface area contributed by atoms with E-state index in [1.54, 1.807) is 27.7 Å². The molecule has 1 aliphatic heterocycles. The van der Waals surface area contributed by atoms with Gasteiger partial charge in [0, 0.05) is 31.5 Å². The molecule has 15 heteroatoms. The van der Waals surface area contributed by atoms with Gasteiger partial charge in [-0.3, -0.25) is 23.2 Å². The lowest BCUT2D eigenvalue weighted by molar-refractivity contribution is -0.142. The van der Waals surface area contributed by atoms with E-state index in [0.29, 0.717) is 0 Å². The predicted molar refractivity (Wildman–Crippen MR) is 138 cm³/mol. The van der Waals surface area contributed by atoms with Gasteiger partial charge in [0.1, 0.15) is 24.6 Å². The number of hydrogen-bond acceptors (Lipinski definition) is 11. The normalized spacial score (nSPS) is 25.4. The van der Waals surface area contributed by atoms with Crippen molar-refractivity contribution < 1.29 is 48.4 Å². The van der Waals surface area contributed by atoms with Crippen LogP contribution in [0.25, 0.3) is 0 Å². The number of rotatable bonds is 12. The van der Waals surface area contributed by atoms with E-state index in [4.69, 9.17) is 14.0 Å². The second-order valence-electron chi connectivity index (χ2n) is 9.99. The van der Waals surface area contributed by atoms with Crippen LogP contribution < -0.4 is 11.0 Å². The fraction of sp³-hybridized carbons (Fsp3) is 0.750. The molecule has 14 nitrogen and oxygen atoms in total. The smallest absolute Gasteiger partial charge is 0.359 e. The summed E-state index contributed by atoms with van der Waals surface area (Å²) in [4.78, 5) is 50.2. The first-order valence-electron chi connectivity index (χ1n) is 12.8. The van der Waals surface area contributed by atoms with Gasteiger partial charge in [-0.25, -0.2) is 4.79 Å². The summed E-state index contributed by atoms with van der Waals surface area (Å²) in [6.45, 7) is 9.97. The zero-order valence-electron chi connectivity index (χ0n) is 23.3. The highest BCUT2D eigenvalue weighted by Gasteiger charge is 2.55. The monoisotopic (exact) mass is 577 g/mol. The Bertz CT molecular complexity index is 1150. The molecule has 7 atom stereocenters. The maximum atomic E-state index is 13.1. The molecule has 1 fully saturated rings. The quantitative estimate of drug-likeness (QED) is 0.176. The van der Waals surface area contributed by atoms with E-state index in [-0.39, 0.29) is 37.3 Å². The van der Waals surface area contributed by atoms with Gasteiger partial charge in [-0.1, -0.05) is 27.7 Å². The van der Waals surface area contributed by atoms with Crippen molar-refractivity contribution in [1.29, 1.82) is 0 Å². The Morgan fingerprint density at radius 2 is 1.79 bits per heavy atom. The van der Waals surface area contributed by atoms with Crippen LogP contribution in [-0.4, -0.2) is 70.9 Å². The molecule has 0 radical (unpaired) electrons. The maximum Gasteiger partial charge on any atom is 0.359 e. The van der Waals surface area contributed by atoms with Crippen LogP contribution in [0, 0.1) is 5.92 Å². The molecule has 1 amide bonds. The molecule has 0 aromatic carbocycles. The molecule has 39 heavy (non-hydrogen) atoms. The van der Waals surface area contributed by atoms with E-state index in [2.05, 4.69) is 10.3 Å². The number of aliphatic hydroxyl groups excluding tert-OH is 2. The van der Waals surface area contributed by atoms with Crippen LogP contribution in [0.2, 0.25) is 0 Å². The van der Waals surface area contributed by atoms with E-state index in [9.17, 15) is 39.2 Å². The van der Waals surface area contributed by atoms with Crippen LogP contribution in [-0.2, 0) is 34.8 Å². The third-order valence-corrected chi connectivity index (χ3v) is 9.80. The molecule has 1 saturated heterocycles. The summed E-state index contributed by atoms with van der Waals surface area (Å²) < 4.78 is 30.6. The number of aromatic nitrogens is 2. The number of anilines is 1. The van der Waals surface area contributed by atoms with Gasteiger partial charge in [-0.05, 0) is 26.2 Å². The molecule has 1 aromatic heterocycles. The minimum atomic E-state index is -4.59. The molecular weight excluding hydrogens is 537 g/mol. The van der Waals surface area contributed by atoms with Crippen molar-refractivity contribution in [1.82, 2.24) is 9.55 Å². The number of aliphatic hydroxyl groups is 3. The summed E-state index contributed by atoms with van der Waals surface area (Å²) >= 11 is 0. The van der Waals surface area contributed by atoms with Crippen molar-refractivity contribution in [2.24, 2.45) is 5.92 Å². The Hall–Kier alpha value is -2.19. The first-order valence-corrected chi connectivity index (χ1v) is 14.3. The second-order valence-corrected chi connectivity index (χ2v) is 12.1. The molecule has 0 bridgehead atoms. The Labute approximate surface area is 226 Å². The van der Waals surface area contributed by atoms with Gasteiger partial charge in [0.25, 0.3) is 0 Å². The van der Waals surface area contributed by atoms with E-state index in [1.165, 1.54) is 27.0 Å². The van der Waals surface area contributed by atoms with Crippen LogP contribution in [0.4, 0.5) is 5.82 Å². The summed E-state index contributed by atoms with van der Waals surface area (Å²) in [5.41, 5.74) is -2.20. The number of amides is 1. The van der Waals surface area contributed by atoms with Crippen LogP contribution >= 0.6 is 7.60 Å². The molecule has 222 valence electrons. The number of nitrogens with zero attached hydrogens (tertiary/aromatic N) is 2. The van der Waals surface area contributed by atoms with E-state index in [1.807, 2.05) is 0 Å². The zero-order valence-corrected chi connectivity index (χ0v) is 24.2. The molecule has 3 unspecified atom stereocenters. The third kappa shape index (κ3) is 6.94. The zero-order chi connectivity index (χ0) is 29.9. The maximum absolute atomic E-state index is 13.1. The molecular formula is C24H40N3O11P. The van der Waals surface area contributed by atoms with Crippen molar-refractivity contribution in [2.75, 3.05) is 5.32 Å². The van der Waals surface area contributed by atoms with Crippen LogP contribution in [0.15, 0.2) is 11.0 Å². The van der Waals surface area contributed by atoms with Gasteiger partial charge in [0.2, 0.25) is 5.91 Å². The van der Waals surface area contributed by atoms with Gasteiger partial charge in [0.05, 0.1) is 11.7 Å². The van der Waals surface area contributed by atoms with Crippen molar-refractivity contribution in [3.8, 4) is 0 Å². The van der Waals surface area contributed by atoms with Gasteiger partial charge >= 0.3 is 19.3 Å². The van der Waals surface area contributed by atoms with Crippen molar-refractivity contribution in [2.45, 2.75) is 110 Å². The number of carbonyl (C=O) groups is 2. The van der Waals surface area contributed by atoms with Gasteiger partial charge in [0.15, 0.2) is 11.6 Å². The highest BCUT2D eigenvalue weighted by molar-refractivity contribution is 7.54. The highest BCUT2D eigenvalue weighted by atomic mass is 31.2. The molecule has 0 saturated carbocycles. The van der Waals surface area contributed by atoms with Crippen LogP contribution in [0.1, 0.15) is 79.5 Å². The summed E-state index contributed by atoms with van der Waals surface area (Å²) in [7, 11) is -4.59. The van der Waals surface area contributed by atoms with Gasteiger partial charge in [-0.2, -0.15) is 4.98 Å². The molecule has 0 spiro atoms. The Morgan fingerprint density at radius 1 is 1.21 bits per heavy atom. The first-order chi connectivity index (χ1) is 18.0. The number of ether oxygens (including phenoxy) is 2. The Kier molecular flexibility index (Phi) is 10.6. The average Bonchev–Trinajstić information content (AvgIpc) is 3.15. The Morgan fingerprint density at radius 3 is 2.28 bits per heavy atom. The number of nitrogens with one attached hydrogen (secondary N) is 1. The minimum absolute atomic E-state index is 0.0329. The molecule has 0 aliphatic carbocycles. The lowest BCUT2D eigenvalue weighted by Gasteiger charge is -2.42. The largest absolute Gasteiger partial charge is 0.461 e. The standard InChI is InChI=1S/C24H40N3O11P/c1-8-23(7,38-39(34,35)24(33,9-2)10-3)13(4)19-17(30)18(31)21(37-19)27-11-16(12-36-15(6)29)20(25-14(5)28)26-22(27)32/h11,13,17-19,21,30-31,33H,8-10,12H2,1-7H3,(H,34,35)(H,25,26,28,32)/t13?,17-,18+,19+,21+,23?/m0/s1. The van der Waals surface area contributed by atoms with E-state index < -0.39 is 66.6 Å². The summed E-state index contributed by atoms with van der Waals surface area (Å²) in [5.74, 6) is -2.12. The fourth-order valence-electron chi connectivity index (χ4n) is 4.41. The van der Waals surface area contributed by atoms with E-state index >= 15 is 0 Å². The van der Waals surface area contributed by atoms with Crippen LogP contribution in [0.3, 0.4) is 0 Å². The van der Waals surface area contributed by atoms with E-state index in [0.717, 1.165) is 4.57 Å². The predicted octanol–water partition coefficient (Wildman–Crippen LogP) is 1.40. The number of carbonyl (C=O) groups excluding carboxylic acids is 2. The van der Waals surface area contributed by atoms with Gasteiger partial charge in [-0.15, -0.1) is 0 Å². The van der Waals surface area contributed by atoms with Crippen molar-refractivity contribution >= 4 is 25.3 Å². The Balaban J connectivity index is 2.44. The fourth-order valence-corrected chi connectivity index (χ4v) is 6.24. The first kappa shape index (κ1) is 33.0. The molecule has 1 aromatic rings. The molecule has 5 N–H and O–H groups in total.